The summed E-state index contributed by atoms with van der Waals surface area (Å²) in [6.45, 7) is 2.33. The number of carbonyl (C=O) groups excluding carboxylic acids is 2. The van der Waals surface area contributed by atoms with Crippen molar-refractivity contribution >= 4 is 28.4 Å². The van der Waals surface area contributed by atoms with Crippen molar-refractivity contribution in [3.8, 4) is 0 Å². The van der Waals surface area contributed by atoms with Crippen molar-refractivity contribution in [1.82, 2.24) is 19.8 Å². The molecule has 1 fully saturated rings. The number of hydrogen-bond acceptors (Lipinski definition) is 3. The first kappa shape index (κ1) is 18.6. The third-order valence-corrected chi connectivity index (χ3v) is 6.08. The molecule has 0 radical (unpaired) electrons. The number of amides is 2. The van der Waals surface area contributed by atoms with Crippen LogP contribution in [-0.2, 0) is 16.1 Å². The van der Waals surface area contributed by atoms with Gasteiger partial charge in [0.05, 0.1) is 17.0 Å². The molecule has 3 aromatic rings. The summed E-state index contributed by atoms with van der Waals surface area (Å²) in [5, 5.41) is 0. The van der Waals surface area contributed by atoms with Gasteiger partial charge in [-0.05, 0) is 29.7 Å². The lowest BCUT2D eigenvalue weighted by atomic mass is 9.99. The fourth-order valence-corrected chi connectivity index (χ4v) is 4.47. The number of benzene rings is 1. The summed E-state index contributed by atoms with van der Waals surface area (Å²) >= 11 is 0. The van der Waals surface area contributed by atoms with Crippen LogP contribution in [0.15, 0.2) is 60.9 Å². The number of H-pyrrole nitrogens is 1. The van der Waals surface area contributed by atoms with Gasteiger partial charge in [0.2, 0.25) is 11.8 Å². The summed E-state index contributed by atoms with van der Waals surface area (Å²) in [6.07, 6.45) is 7.03. The van der Waals surface area contributed by atoms with Gasteiger partial charge >= 0.3 is 0 Å². The summed E-state index contributed by atoms with van der Waals surface area (Å²) in [6, 6.07) is 13.9. The minimum atomic E-state index is -0.245. The first-order chi connectivity index (χ1) is 14.7. The van der Waals surface area contributed by atoms with E-state index >= 15 is 0 Å². The van der Waals surface area contributed by atoms with Crippen molar-refractivity contribution in [3.63, 3.8) is 0 Å². The molecule has 0 spiro atoms. The van der Waals surface area contributed by atoms with Gasteiger partial charge in [0.25, 0.3) is 0 Å². The maximum atomic E-state index is 13.0. The van der Waals surface area contributed by atoms with Gasteiger partial charge in [-0.15, -0.1) is 0 Å². The molecule has 1 aromatic carbocycles. The lowest BCUT2D eigenvalue weighted by Gasteiger charge is -2.28. The van der Waals surface area contributed by atoms with Crippen LogP contribution >= 0.6 is 0 Å². The van der Waals surface area contributed by atoms with E-state index in [-0.39, 0.29) is 17.7 Å². The van der Waals surface area contributed by atoms with Crippen molar-refractivity contribution in [2.75, 3.05) is 19.6 Å². The molecule has 0 bridgehead atoms. The molecule has 1 unspecified atom stereocenters. The topological polar surface area (TPSA) is 69.3 Å². The number of hydrogen-bond donors (Lipinski definition) is 1. The quantitative estimate of drug-likeness (QED) is 0.731. The molecular weight excluding hydrogens is 376 g/mol. The molecule has 6 heteroatoms. The van der Waals surface area contributed by atoms with Crippen LogP contribution in [0.4, 0.5) is 0 Å². The summed E-state index contributed by atoms with van der Waals surface area (Å²) in [5.41, 5.74) is 5.42. The predicted octanol–water partition coefficient (Wildman–Crippen LogP) is 3.23. The van der Waals surface area contributed by atoms with Crippen LogP contribution < -0.4 is 0 Å². The van der Waals surface area contributed by atoms with Gasteiger partial charge in [-0.3, -0.25) is 14.6 Å². The number of nitrogens with one attached hydrogen (secondary N) is 1. The molecule has 6 nitrogen and oxygen atoms in total. The number of aromatic amines is 1. The summed E-state index contributed by atoms with van der Waals surface area (Å²) < 4.78 is 0. The van der Waals surface area contributed by atoms with Crippen molar-refractivity contribution < 1.29 is 9.59 Å². The molecule has 1 N–H and O–H groups in total. The lowest BCUT2D eigenvalue weighted by molar-refractivity contribution is -0.135. The molecular formula is C24H24N4O2. The molecule has 2 aromatic heterocycles. The van der Waals surface area contributed by atoms with E-state index in [9.17, 15) is 9.59 Å². The largest absolute Gasteiger partial charge is 0.359 e. The van der Waals surface area contributed by atoms with Crippen molar-refractivity contribution in [2.24, 2.45) is 5.92 Å². The molecule has 0 saturated carbocycles. The zero-order valence-electron chi connectivity index (χ0n) is 16.8. The molecule has 2 aliphatic heterocycles. The van der Waals surface area contributed by atoms with Crippen LogP contribution in [0.2, 0.25) is 0 Å². The fourth-order valence-electron chi connectivity index (χ4n) is 4.47. The highest BCUT2D eigenvalue weighted by Gasteiger charge is 2.36. The standard InChI is InChI=1S/C24H24N4O2/c29-22-13-19(16-28(22)15-17-5-2-1-3-6-17)24(30)27-11-8-18(9-12-27)20-14-26-21-7-4-10-25-23(20)21/h1-8,10,14,19,26H,9,11-13,15-16H2. The van der Waals surface area contributed by atoms with Crippen molar-refractivity contribution in [2.45, 2.75) is 19.4 Å². The number of carbonyl (C=O) groups is 2. The van der Waals surface area contributed by atoms with Gasteiger partial charge in [-0.2, -0.15) is 0 Å². The second kappa shape index (κ2) is 7.78. The summed E-state index contributed by atoms with van der Waals surface area (Å²) in [7, 11) is 0. The Morgan fingerprint density at radius 3 is 2.83 bits per heavy atom. The smallest absolute Gasteiger partial charge is 0.228 e. The zero-order valence-corrected chi connectivity index (χ0v) is 16.8. The van der Waals surface area contributed by atoms with E-state index in [2.05, 4.69) is 16.0 Å². The molecule has 152 valence electrons. The van der Waals surface area contributed by atoms with Gasteiger partial charge < -0.3 is 14.8 Å². The maximum Gasteiger partial charge on any atom is 0.228 e. The number of likely N-dealkylation sites (tertiary alicyclic amines) is 1. The van der Waals surface area contributed by atoms with Gasteiger partial charge in [0.15, 0.2) is 0 Å². The van der Waals surface area contributed by atoms with Crippen LogP contribution in [0.5, 0.6) is 0 Å². The van der Waals surface area contributed by atoms with Crippen LogP contribution in [-0.4, -0.2) is 51.2 Å². The second-order valence-electron chi connectivity index (χ2n) is 8.03. The van der Waals surface area contributed by atoms with Gasteiger partial charge in [0.1, 0.15) is 0 Å². The molecule has 2 amide bonds. The molecule has 1 saturated heterocycles. The molecule has 5 rings (SSSR count). The SMILES string of the molecule is O=C1CC(C(=O)N2CC=C(c3c[nH]c4cccnc34)CC2)CN1Cc1ccccc1. The Kier molecular flexibility index (Phi) is 4.83. The average molecular weight is 400 g/mol. The van der Waals surface area contributed by atoms with E-state index in [4.69, 9.17) is 0 Å². The molecule has 30 heavy (non-hydrogen) atoms. The minimum absolute atomic E-state index is 0.0651. The normalized spacial score (nSPS) is 19.4. The number of pyridine rings is 1. The third-order valence-electron chi connectivity index (χ3n) is 6.08. The fraction of sp³-hybridized carbons (Fsp3) is 0.292. The Morgan fingerprint density at radius 2 is 2.03 bits per heavy atom. The Balaban J connectivity index is 1.24. The molecule has 1 atom stereocenters. The van der Waals surface area contributed by atoms with Crippen LogP contribution in [0.1, 0.15) is 24.0 Å². The van der Waals surface area contributed by atoms with Crippen LogP contribution in [0, 0.1) is 5.92 Å². The minimum Gasteiger partial charge on any atom is -0.359 e. The highest BCUT2D eigenvalue weighted by Crippen LogP contribution is 2.29. The monoisotopic (exact) mass is 400 g/mol. The highest BCUT2D eigenvalue weighted by atomic mass is 16.2. The summed E-state index contributed by atoms with van der Waals surface area (Å²) in [4.78, 5) is 36.9. The first-order valence-corrected chi connectivity index (χ1v) is 10.4. The first-order valence-electron chi connectivity index (χ1n) is 10.4. The van der Waals surface area contributed by atoms with E-state index in [1.807, 2.05) is 53.6 Å². The number of aromatic nitrogens is 2. The number of nitrogens with zero attached hydrogens (tertiary/aromatic N) is 3. The number of fused-ring (bicyclic) bond motifs is 1. The third kappa shape index (κ3) is 3.49. The predicted molar refractivity (Wildman–Crippen MR) is 115 cm³/mol. The molecule has 4 heterocycles. The zero-order chi connectivity index (χ0) is 20.5. The van der Waals surface area contributed by atoms with Gasteiger partial charge in [-0.25, -0.2) is 0 Å². The lowest BCUT2D eigenvalue weighted by Crippen LogP contribution is -2.39. The van der Waals surface area contributed by atoms with Gasteiger partial charge in [-0.1, -0.05) is 36.4 Å². The van der Waals surface area contributed by atoms with Crippen LogP contribution in [0.25, 0.3) is 16.6 Å². The second-order valence-corrected chi connectivity index (χ2v) is 8.03. The Bertz CT molecular complexity index is 1120. The maximum absolute atomic E-state index is 13.0. The average Bonchev–Trinajstić information content (AvgIpc) is 3.38. The van der Waals surface area contributed by atoms with Crippen molar-refractivity contribution in [3.05, 3.63) is 72.1 Å². The highest BCUT2D eigenvalue weighted by molar-refractivity contribution is 5.92. The summed E-state index contributed by atoms with van der Waals surface area (Å²) in [5.74, 6) is -0.0903. The van der Waals surface area contributed by atoms with E-state index in [1.54, 1.807) is 11.1 Å². The number of rotatable bonds is 4. The van der Waals surface area contributed by atoms with Gasteiger partial charge in [0, 0.05) is 50.6 Å². The molecule has 0 aliphatic carbocycles. The van der Waals surface area contributed by atoms with Crippen molar-refractivity contribution in [1.29, 1.82) is 0 Å². The Morgan fingerprint density at radius 1 is 1.17 bits per heavy atom. The van der Waals surface area contributed by atoms with Crippen LogP contribution in [0.3, 0.4) is 0 Å². The Labute approximate surface area is 175 Å². The molecule has 2 aliphatic rings. The van der Waals surface area contributed by atoms with E-state index in [0.29, 0.717) is 32.6 Å². The van der Waals surface area contributed by atoms with E-state index < -0.39 is 0 Å². The van der Waals surface area contributed by atoms with E-state index in [1.165, 1.54) is 5.57 Å². The van der Waals surface area contributed by atoms with E-state index in [0.717, 1.165) is 28.6 Å². The Hall–Kier alpha value is -3.41.